The molecule has 1 aromatic heterocycles. The van der Waals surface area contributed by atoms with Crippen molar-refractivity contribution >= 4 is 11.6 Å². The molecule has 0 spiro atoms. The second kappa shape index (κ2) is 9.05. The molecule has 7 nitrogen and oxygen atoms in total. The SMILES string of the molecule is COC1CN(c2ccc(C(=O)NC(CO)C(C)C)nc2OC[C@@H]2C[C@@H]2CF)C1. The van der Waals surface area contributed by atoms with Crippen LogP contribution >= 0.6 is 0 Å². The van der Waals surface area contributed by atoms with Gasteiger partial charge in [0.1, 0.15) is 11.4 Å². The topological polar surface area (TPSA) is 83.9 Å². The lowest BCUT2D eigenvalue weighted by Crippen LogP contribution is -2.52. The average Bonchev–Trinajstić information content (AvgIpc) is 3.42. The molecular formula is C20H30FN3O4. The lowest BCUT2D eigenvalue weighted by molar-refractivity contribution is 0.0782. The number of amides is 1. The van der Waals surface area contributed by atoms with Crippen molar-refractivity contribution in [2.75, 3.05) is 45.0 Å². The Morgan fingerprint density at radius 1 is 1.39 bits per heavy atom. The zero-order valence-corrected chi connectivity index (χ0v) is 16.7. The van der Waals surface area contributed by atoms with E-state index in [0.717, 1.165) is 25.2 Å². The molecule has 8 heteroatoms. The summed E-state index contributed by atoms with van der Waals surface area (Å²) in [5, 5.41) is 12.2. The minimum absolute atomic E-state index is 0.0770. The van der Waals surface area contributed by atoms with E-state index in [0.29, 0.717) is 12.5 Å². The highest BCUT2D eigenvalue weighted by Crippen LogP contribution is 2.40. The fourth-order valence-electron chi connectivity index (χ4n) is 3.25. The number of halogens is 1. The van der Waals surface area contributed by atoms with Crippen LogP contribution in [0.25, 0.3) is 0 Å². The normalized spacial score (nSPS) is 22.7. The summed E-state index contributed by atoms with van der Waals surface area (Å²) in [6, 6.07) is 3.15. The number of alkyl halides is 1. The first-order chi connectivity index (χ1) is 13.5. The summed E-state index contributed by atoms with van der Waals surface area (Å²) < 4.78 is 24.0. The molecule has 1 unspecified atom stereocenters. The van der Waals surface area contributed by atoms with Gasteiger partial charge >= 0.3 is 0 Å². The fourth-order valence-corrected chi connectivity index (χ4v) is 3.25. The maximum atomic E-state index is 12.7. The number of ether oxygens (including phenoxy) is 2. The molecule has 2 N–H and O–H groups in total. The zero-order chi connectivity index (χ0) is 20.3. The third-order valence-electron chi connectivity index (χ3n) is 5.61. The Balaban J connectivity index is 1.73. The zero-order valence-electron chi connectivity index (χ0n) is 16.7. The van der Waals surface area contributed by atoms with Crippen LogP contribution in [-0.2, 0) is 4.74 Å². The first-order valence-electron chi connectivity index (χ1n) is 9.86. The van der Waals surface area contributed by atoms with E-state index in [1.165, 1.54) is 0 Å². The monoisotopic (exact) mass is 395 g/mol. The molecule has 1 aliphatic heterocycles. The van der Waals surface area contributed by atoms with Gasteiger partial charge in [-0.15, -0.1) is 0 Å². The van der Waals surface area contributed by atoms with Gasteiger partial charge in [0.05, 0.1) is 32.0 Å². The fraction of sp³-hybridized carbons (Fsp3) is 0.700. The molecule has 2 fully saturated rings. The Morgan fingerprint density at radius 2 is 2.14 bits per heavy atom. The molecule has 3 atom stereocenters. The van der Waals surface area contributed by atoms with Crippen molar-refractivity contribution in [2.45, 2.75) is 32.4 Å². The Bertz CT molecular complexity index is 681. The largest absolute Gasteiger partial charge is 0.476 e. The molecule has 156 valence electrons. The van der Waals surface area contributed by atoms with Crippen molar-refractivity contribution in [3.63, 3.8) is 0 Å². The van der Waals surface area contributed by atoms with E-state index >= 15 is 0 Å². The quantitative estimate of drug-likeness (QED) is 0.627. The van der Waals surface area contributed by atoms with Crippen LogP contribution in [-0.4, -0.2) is 68.2 Å². The predicted molar refractivity (Wildman–Crippen MR) is 103 cm³/mol. The van der Waals surface area contributed by atoms with Gasteiger partial charge in [0, 0.05) is 20.2 Å². The molecule has 2 aliphatic rings. The van der Waals surface area contributed by atoms with E-state index in [1.54, 1.807) is 13.2 Å². The summed E-state index contributed by atoms with van der Waals surface area (Å²) in [6.45, 7) is 5.26. The summed E-state index contributed by atoms with van der Waals surface area (Å²) in [5.74, 6) is 0.420. The van der Waals surface area contributed by atoms with E-state index < -0.39 is 0 Å². The molecule has 1 aliphatic carbocycles. The minimum Gasteiger partial charge on any atom is -0.476 e. The highest BCUT2D eigenvalue weighted by atomic mass is 19.1. The molecular weight excluding hydrogens is 365 g/mol. The molecule has 28 heavy (non-hydrogen) atoms. The number of methoxy groups -OCH3 is 1. The number of hydrogen-bond donors (Lipinski definition) is 2. The van der Waals surface area contributed by atoms with Crippen molar-refractivity contribution in [1.29, 1.82) is 0 Å². The van der Waals surface area contributed by atoms with Crippen molar-refractivity contribution in [3.8, 4) is 5.88 Å². The second-order valence-corrected chi connectivity index (χ2v) is 8.01. The minimum atomic E-state index is -0.351. The van der Waals surface area contributed by atoms with E-state index in [4.69, 9.17) is 9.47 Å². The maximum Gasteiger partial charge on any atom is 0.270 e. The molecule has 1 saturated carbocycles. The Hall–Kier alpha value is -1.93. The number of aliphatic hydroxyl groups is 1. The summed E-state index contributed by atoms with van der Waals surface area (Å²) in [6.07, 6.45) is 1.00. The lowest BCUT2D eigenvalue weighted by Gasteiger charge is -2.40. The van der Waals surface area contributed by atoms with Crippen LogP contribution in [0.3, 0.4) is 0 Å². The standard InChI is InChI=1S/C20H30FN3O4/c1-12(2)17(10-25)22-19(26)16-4-5-18(24-8-15(9-24)27-3)20(23-16)28-11-14-6-13(14)7-21/h4-5,12-15,17,25H,6-11H2,1-3H3,(H,22,26)/t13-,14+,17?/m1/s1. The van der Waals surface area contributed by atoms with Crippen LogP contribution in [0.4, 0.5) is 10.1 Å². The van der Waals surface area contributed by atoms with E-state index in [2.05, 4.69) is 15.2 Å². The number of carbonyl (C=O) groups excluding carboxylic acids is 1. The van der Waals surface area contributed by atoms with Gasteiger partial charge in [-0.25, -0.2) is 4.98 Å². The lowest BCUT2D eigenvalue weighted by atomic mass is 10.1. The third kappa shape index (κ3) is 4.72. The average molecular weight is 395 g/mol. The molecule has 1 saturated heterocycles. The highest BCUT2D eigenvalue weighted by Gasteiger charge is 2.38. The number of aromatic nitrogens is 1. The smallest absolute Gasteiger partial charge is 0.270 e. The summed E-state index contributed by atoms with van der Waals surface area (Å²) in [7, 11) is 1.68. The van der Waals surface area contributed by atoms with E-state index in [9.17, 15) is 14.3 Å². The molecule has 0 bridgehead atoms. The van der Waals surface area contributed by atoms with Crippen molar-refractivity contribution in [3.05, 3.63) is 17.8 Å². The van der Waals surface area contributed by atoms with Gasteiger partial charge in [-0.1, -0.05) is 13.8 Å². The Labute approximate surface area is 165 Å². The summed E-state index contributed by atoms with van der Waals surface area (Å²) >= 11 is 0. The summed E-state index contributed by atoms with van der Waals surface area (Å²) in [5.41, 5.74) is 1.05. The second-order valence-electron chi connectivity index (χ2n) is 8.01. The van der Waals surface area contributed by atoms with Gasteiger partial charge in [0.25, 0.3) is 5.91 Å². The van der Waals surface area contributed by atoms with Crippen molar-refractivity contribution in [2.24, 2.45) is 17.8 Å². The van der Waals surface area contributed by atoms with Gasteiger partial charge in [-0.05, 0) is 36.3 Å². The van der Waals surface area contributed by atoms with Gasteiger partial charge < -0.3 is 24.8 Å². The Morgan fingerprint density at radius 3 is 2.71 bits per heavy atom. The number of rotatable bonds is 10. The van der Waals surface area contributed by atoms with Gasteiger partial charge in [-0.2, -0.15) is 0 Å². The van der Waals surface area contributed by atoms with Crippen LogP contribution in [0.15, 0.2) is 12.1 Å². The molecule has 0 radical (unpaired) electrons. The number of nitrogens with zero attached hydrogens (tertiary/aromatic N) is 2. The number of anilines is 1. The highest BCUT2D eigenvalue weighted by molar-refractivity contribution is 5.93. The van der Waals surface area contributed by atoms with Crippen molar-refractivity contribution < 1.29 is 23.8 Å². The maximum absolute atomic E-state index is 12.7. The predicted octanol–water partition coefficient (Wildman–Crippen LogP) is 1.65. The van der Waals surface area contributed by atoms with Crippen LogP contribution < -0.4 is 15.0 Å². The molecule has 0 aromatic carbocycles. The number of nitrogens with one attached hydrogen (secondary N) is 1. The van der Waals surface area contributed by atoms with Crippen molar-refractivity contribution in [1.82, 2.24) is 10.3 Å². The molecule has 2 heterocycles. The van der Waals surface area contributed by atoms with Crippen LogP contribution in [0.1, 0.15) is 30.8 Å². The van der Waals surface area contributed by atoms with Gasteiger partial charge in [0.15, 0.2) is 0 Å². The molecule has 1 aromatic rings. The van der Waals surface area contributed by atoms with Crippen LogP contribution in [0, 0.1) is 17.8 Å². The summed E-state index contributed by atoms with van der Waals surface area (Å²) in [4.78, 5) is 19.1. The molecule has 3 rings (SSSR count). The first-order valence-corrected chi connectivity index (χ1v) is 9.86. The van der Waals surface area contributed by atoms with E-state index in [-0.39, 0.29) is 54.8 Å². The first kappa shape index (κ1) is 20.8. The Kier molecular flexibility index (Phi) is 6.72. The van der Waals surface area contributed by atoms with E-state index in [1.807, 2.05) is 19.9 Å². The van der Waals surface area contributed by atoms with Gasteiger partial charge in [0.2, 0.25) is 5.88 Å². The van der Waals surface area contributed by atoms with Crippen LogP contribution in [0.5, 0.6) is 5.88 Å². The van der Waals surface area contributed by atoms with Gasteiger partial charge in [-0.3, -0.25) is 9.18 Å². The number of hydrogen-bond acceptors (Lipinski definition) is 6. The van der Waals surface area contributed by atoms with Crippen LogP contribution in [0.2, 0.25) is 0 Å². The number of aliphatic hydroxyl groups excluding tert-OH is 1. The molecule has 1 amide bonds. The third-order valence-corrected chi connectivity index (χ3v) is 5.61. The number of pyridine rings is 1. The number of carbonyl (C=O) groups is 1.